The van der Waals surface area contributed by atoms with E-state index < -0.39 is 17.6 Å². The van der Waals surface area contributed by atoms with Gasteiger partial charge in [0.15, 0.2) is 17.2 Å². The van der Waals surface area contributed by atoms with Crippen LogP contribution in [-0.2, 0) is 4.79 Å². The molecule has 152 valence electrons. The van der Waals surface area contributed by atoms with Gasteiger partial charge in [0, 0.05) is 30.1 Å². The van der Waals surface area contributed by atoms with Gasteiger partial charge >= 0.3 is 6.18 Å². The van der Waals surface area contributed by atoms with Crippen molar-refractivity contribution in [1.29, 1.82) is 0 Å². The van der Waals surface area contributed by atoms with Crippen LogP contribution >= 0.6 is 0 Å². The molecular formula is C18H15F4N5O2. The minimum absolute atomic E-state index is 0.128. The van der Waals surface area contributed by atoms with Crippen molar-refractivity contribution in [2.75, 3.05) is 5.32 Å². The van der Waals surface area contributed by atoms with Crippen LogP contribution in [0.1, 0.15) is 13.8 Å². The van der Waals surface area contributed by atoms with Crippen LogP contribution in [0.4, 0.5) is 23.4 Å². The van der Waals surface area contributed by atoms with E-state index in [4.69, 9.17) is 4.74 Å². The number of hydrogen-bond donors (Lipinski definition) is 1. The Morgan fingerprint density at radius 3 is 2.52 bits per heavy atom. The summed E-state index contributed by atoms with van der Waals surface area (Å²) < 4.78 is 59.9. The molecule has 0 unspecified atom stereocenters. The molecule has 7 nitrogen and oxygen atoms in total. The average molecular weight is 409 g/mol. The van der Waals surface area contributed by atoms with E-state index in [-0.39, 0.29) is 28.6 Å². The summed E-state index contributed by atoms with van der Waals surface area (Å²) in [4.78, 5) is 18.8. The van der Waals surface area contributed by atoms with Crippen molar-refractivity contribution in [2.45, 2.75) is 25.6 Å². The second-order valence-electron chi connectivity index (χ2n) is 6.44. The maximum atomic E-state index is 14.2. The summed E-state index contributed by atoms with van der Waals surface area (Å²) >= 11 is 0. The molecule has 0 aliphatic rings. The Kier molecular flexibility index (Phi) is 5.23. The number of nitrogens with zero attached hydrogens (tertiary/aromatic N) is 4. The fraction of sp³-hybridized carbons (Fsp3) is 0.222. The molecule has 0 bridgehead atoms. The molecule has 0 aliphatic heterocycles. The van der Waals surface area contributed by atoms with Crippen LogP contribution in [0.5, 0.6) is 5.75 Å². The normalized spacial score (nSPS) is 11.9. The van der Waals surface area contributed by atoms with E-state index in [1.54, 1.807) is 0 Å². The number of carbonyl (C=O) groups excluding carboxylic acids is 1. The van der Waals surface area contributed by atoms with E-state index in [2.05, 4.69) is 20.4 Å². The number of amides is 1. The van der Waals surface area contributed by atoms with Crippen molar-refractivity contribution in [3.63, 3.8) is 0 Å². The Hall–Kier alpha value is -3.50. The highest BCUT2D eigenvalue weighted by molar-refractivity contribution is 5.74. The smallest absolute Gasteiger partial charge is 0.427 e. The predicted molar refractivity (Wildman–Crippen MR) is 95.0 cm³/mol. The number of anilines is 1. The zero-order valence-electron chi connectivity index (χ0n) is 15.2. The maximum absolute atomic E-state index is 14.2. The molecule has 0 fully saturated rings. The van der Waals surface area contributed by atoms with Crippen molar-refractivity contribution in [1.82, 2.24) is 19.7 Å². The van der Waals surface area contributed by atoms with Crippen molar-refractivity contribution in [3.8, 4) is 22.8 Å². The largest absolute Gasteiger partial charge is 0.478 e. The topological polar surface area (TPSA) is 81.9 Å². The molecule has 0 saturated carbocycles. The third kappa shape index (κ3) is 4.33. The van der Waals surface area contributed by atoms with Crippen molar-refractivity contribution < 1.29 is 27.1 Å². The summed E-state index contributed by atoms with van der Waals surface area (Å²) in [6.45, 7) is 1.68. The number of halogens is 4. The Morgan fingerprint density at radius 2 is 1.90 bits per heavy atom. The van der Waals surface area contributed by atoms with E-state index in [0.29, 0.717) is 6.41 Å². The van der Waals surface area contributed by atoms with Gasteiger partial charge in [-0.1, -0.05) is 0 Å². The molecule has 3 aromatic rings. The molecule has 2 heterocycles. The van der Waals surface area contributed by atoms with E-state index >= 15 is 0 Å². The predicted octanol–water partition coefficient (Wildman–Crippen LogP) is 3.76. The molecule has 1 amide bonds. The molecule has 0 atom stereocenters. The van der Waals surface area contributed by atoms with E-state index in [9.17, 15) is 22.4 Å². The number of alkyl halides is 3. The number of carbonyl (C=O) groups is 1. The van der Waals surface area contributed by atoms with Gasteiger partial charge < -0.3 is 10.1 Å². The van der Waals surface area contributed by atoms with Crippen LogP contribution < -0.4 is 10.1 Å². The first-order valence-corrected chi connectivity index (χ1v) is 8.24. The molecule has 29 heavy (non-hydrogen) atoms. The molecule has 1 aromatic carbocycles. The Morgan fingerprint density at radius 1 is 1.14 bits per heavy atom. The number of benzene rings is 1. The summed E-state index contributed by atoms with van der Waals surface area (Å²) in [5, 5.41) is 6.51. The minimum atomic E-state index is -4.66. The number of ether oxygens (including phenoxy) is 1. The van der Waals surface area contributed by atoms with Crippen LogP contribution in [0.25, 0.3) is 17.1 Å². The number of rotatable bonds is 6. The van der Waals surface area contributed by atoms with Gasteiger partial charge in [0.25, 0.3) is 0 Å². The first-order valence-electron chi connectivity index (χ1n) is 8.24. The Bertz CT molecular complexity index is 1020. The van der Waals surface area contributed by atoms with Gasteiger partial charge in [-0.3, -0.25) is 9.78 Å². The number of nitrogens with one attached hydrogen (secondary N) is 1. The first-order chi connectivity index (χ1) is 13.6. The summed E-state index contributed by atoms with van der Waals surface area (Å²) in [7, 11) is 0. The SMILES string of the molecule is CC(C)(Oc1cc(F)cc(-c2cc(NC=O)nn2-c2cnccn2)c1)C(F)(F)F. The zero-order valence-corrected chi connectivity index (χ0v) is 15.2. The minimum Gasteiger partial charge on any atom is -0.478 e. The highest BCUT2D eigenvalue weighted by Gasteiger charge is 2.49. The van der Waals surface area contributed by atoms with Crippen LogP contribution in [-0.4, -0.2) is 37.9 Å². The van der Waals surface area contributed by atoms with Gasteiger partial charge in [-0.2, -0.15) is 13.2 Å². The van der Waals surface area contributed by atoms with Gasteiger partial charge in [-0.05, 0) is 26.0 Å². The number of aromatic nitrogens is 4. The molecular weight excluding hydrogens is 394 g/mol. The summed E-state index contributed by atoms with van der Waals surface area (Å²) in [5.74, 6) is -0.752. The standard InChI is InChI=1S/C18H15F4N5O2/c1-17(2,18(20,21)22)29-13-6-11(5-12(19)7-13)14-8-15(25-10-28)26-27(14)16-9-23-3-4-24-16/h3-10H,1-2H3,(H,25,26,28). The van der Waals surface area contributed by atoms with E-state index in [0.717, 1.165) is 26.0 Å². The zero-order chi connectivity index (χ0) is 21.2. The van der Waals surface area contributed by atoms with Crippen LogP contribution in [0.3, 0.4) is 0 Å². The molecule has 0 aliphatic carbocycles. The number of hydrogen-bond acceptors (Lipinski definition) is 5. The Labute approximate surface area is 162 Å². The molecule has 0 saturated heterocycles. The second-order valence-corrected chi connectivity index (χ2v) is 6.44. The lowest BCUT2D eigenvalue weighted by molar-refractivity contribution is -0.234. The van der Waals surface area contributed by atoms with Gasteiger partial charge in [0.05, 0.1) is 11.9 Å². The highest BCUT2D eigenvalue weighted by atomic mass is 19.4. The molecule has 3 rings (SSSR count). The Balaban J connectivity index is 2.09. The average Bonchev–Trinajstić information content (AvgIpc) is 3.05. The van der Waals surface area contributed by atoms with Gasteiger partial charge in [-0.25, -0.2) is 14.1 Å². The lowest BCUT2D eigenvalue weighted by atomic mass is 10.1. The second kappa shape index (κ2) is 7.49. The third-order valence-corrected chi connectivity index (χ3v) is 3.91. The molecule has 0 radical (unpaired) electrons. The fourth-order valence-corrected chi connectivity index (χ4v) is 2.41. The van der Waals surface area contributed by atoms with E-state index in [1.807, 2.05) is 0 Å². The highest BCUT2D eigenvalue weighted by Crippen LogP contribution is 2.36. The molecule has 0 spiro atoms. The lowest BCUT2D eigenvalue weighted by Crippen LogP contribution is -2.44. The fourth-order valence-electron chi connectivity index (χ4n) is 2.41. The van der Waals surface area contributed by atoms with Gasteiger partial charge in [0.2, 0.25) is 6.41 Å². The van der Waals surface area contributed by atoms with Gasteiger partial charge in [-0.15, -0.1) is 5.10 Å². The van der Waals surface area contributed by atoms with Crippen LogP contribution in [0.2, 0.25) is 0 Å². The molecule has 1 N–H and O–H groups in total. The summed E-state index contributed by atoms with van der Waals surface area (Å²) in [6.07, 6.45) is -0.0458. The third-order valence-electron chi connectivity index (χ3n) is 3.91. The van der Waals surface area contributed by atoms with Crippen molar-refractivity contribution >= 4 is 12.2 Å². The van der Waals surface area contributed by atoms with E-state index in [1.165, 1.54) is 35.4 Å². The van der Waals surface area contributed by atoms with Crippen LogP contribution in [0, 0.1) is 5.82 Å². The van der Waals surface area contributed by atoms with Crippen LogP contribution in [0.15, 0.2) is 42.9 Å². The molecule has 2 aromatic heterocycles. The quantitative estimate of drug-likeness (QED) is 0.495. The van der Waals surface area contributed by atoms with Crippen molar-refractivity contribution in [2.24, 2.45) is 0 Å². The lowest BCUT2D eigenvalue weighted by Gasteiger charge is -2.29. The molecule has 11 heteroatoms. The monoisotopic (exact) mass is 409 g/mol. The summed E-state index contributed by atoms with van der Waals surface area (Å²) in [5.41, 5.74) is -2.12. The summed E-state index contributed by atoms with van der Waals surface area (Å²) in [6, 6.07) is 4.61. The maximum Gasteiger partial charge on any atom is 0.427 e. The van der Waals surface area contributed by atoms with Gasteiger partial charge in [0.1, 0.15) is 11.6 Å². The first kappa shape index (κ1) is 20.2. The van der Waals surface area contributed by atoms with Crippen molar-refractivity contribution in [3.05, 3.63) is 48.7 Å².